The van der Waals surface area contributed by atoms with Crippen LogP contribution in [-0.4, -0.2) is 66.1 Å². The fourth-order valence-electron chi connectivity index (χ4n) is 3.11. The smallest absolute Gasteiger partial charge is 0.228 e. The van der Waals surface area contributed by atoms with Crippen molar-refractivity contribution < 1.29 is 12.9 Å². The number of guanidine groups is 1. The van der Waals surface area contributed by atoms with Crippen molar-refractivity contribution in [3.05, 3.63) is 35.2 Å². The van der Waals surface area contributed by atoms with Gasteiger partial charge in [0.05, 0.1) is 17.0 Å². The minimum Gasteiger partial charge on any atom is -0.357 e. The Hall–Kier alpha value is -2.13. The maximum Gasteiger partial charge on any atom is 0.228 e. The molecule has 0 amide bonds. The van der Waals surface area contributed by atoms with Crippen LogP contribution in [0.1, 0.15) is 26.7 Å². The van der Waals surface area contributed by atoms with E-state index in [1.54, 1.807) is 26.0 Å². The van der Waals surface area contributed by atoms with Crippen molar-refractivity contribution in [2.24, 2.45) is 4.99 Å². The van der Waals surface area contributed by atoms with Crippen LogP contribution in [0.3, 0.4) is 0 Å². The van der Waals surface area contributed by atoms with E-state index in [0.717, 1.165) is 5.56 Å². The van der Waals surface area contributed by atoms with Gasteiger partial charge in [0.15, 0.2) is 15.8 Å². The Morgan fingerprint density at radius 3 is 2.90 bits per heavy atom. The Bertz CT molecular complexity index is 987. The molecule has 2 heterocycles. The summed E-state index contributed by atoms with van der Waals surface area (Å²) in [7, 11) is -3.10. The van der Waals surface area contributed by atoms with Gasteiger partial charge >= 0.3 is 0 Å². The number of nitrogens with one attached hydrogen (secondary N) is 1. The summed E-state index contributed by atoms with van der Waals surface area (Å²) in [5.74, 6) is 1.80. The van der Waals surface area contributed by atoms with E-state index in [9.17, 15) is 8.42 Å². The average molecular weight is 440 g/mol. The van der Waals surface area contributed by atoms with Gasteiger partial charge in [-0.15, -0.1) is 0 Å². The second-order valence-corrected chi connectivity index (χ2v) is 10.7. The van der Waals surface area contributed by atoms with Crippen molar-refractivity contribution in [1.82, 2.24) is 20.4 Å². The van der Waals surface area contributed by atoms with Crippen LogP contribution in [0.5, 0.6) is 0 Å². The highest BCUT2D eigenvalue weighted by Crippen LogP contribution is 2.24. The van der Waals surface area contributed by atoms with Crippen molar-refractivity contribution >= 4 is 27.4 Å². The van der Waals surface area contributed by atoms with Gasteiger partial charge in [-0.05, 0) is 32.9 Å². The summed E-state index contributed by atoms with van der Waals surface area (Å²) < 4.78 is 29.0. The average Bonchev–Trinajstić information content (AvgIpc) is 3.12. The third-order valence-corrected chi connectivity index (χ3v) is 7.58. The van der Waals surface area contributed by atoms with Crippen molar-refractivity contribution in [3.63, 3.8) is 0 Å². The molecule has 0 unspecified atom stereocenters. The molecule has 3 rings (SSSR count). The number of halogens is 1. The van der Waals surface area contributed by atoms with Gasteiger partial charge in [0, 0.05) is 36.6 Å². The molecule has 2 aromatic rings. The molecule has 10 heteroatoms. The lowest BCUT2D eigenvalue weighted by atomic mass is 10.2. The van der Waals surface area contributed by atoms with Crippen molar-refractivity contribution in [1.29, 1.82) is 0 Å². The van der Waals surface area contributed by atoms with Gasteiger partial charge in [-0.3, -0.25) is 4.99 Å². The van der Waals surface area contributed by atoms with Crippen LogP contribution < -0.4 is 5.32 Å². The van der Waals surface area contributed by atoms with Crippen LogP contribution >= 0.6 is 11.6 Å². The monoisotopic (exact) mass is 439 g/mol. The Morgan fingerprint density at radius 1 is 1.41 bits per heavy atom. The van der Waals surface area contributed by atoms with Crippen LogP contribution in [0.25, 0.3) is 11.4 Å². The number of nitrogens with zero attached hydrogens (tertiary/aromatic N) is 4. The van der Waals surface area contributed by atoms with E-state index in [-0.39, 0.29) is 5.75 Å². The molecular formula is C19H26ClN5O3S. The molecule has 1 aliphatic heterocycles. The first-order valence-corrected chi connectivity index (χ1v) is 11.6. The van der Waals surface area contributed by atoms with E-state index in [1.165, 1.54) is 0 Å². The largest absolute Gasteiger partial charge is 0.357 e. The summed E-state index contributed by atoms with van der Waals surface area (Å²) >= 11 is 6.01. The summed E-state index contributed by atoms with van der Waals surface area (Å²) in [5.41, 5.74) is 0.793. The Labute approximate surface area is 176 Å². The number of hydrogen-bond donors (Lipinski definition) is 1. The summed E-state index contributed by atoms with van der Waals surface area (Å²) in [4.78, 5) is 11.0. The van der Waals surface area contributed by atoms with Gasteiger partial charge in [0.1, 0.15) is 0 Å². The molecule has 0 saturated carbocycles. The maximum atomic E-state index is 12.2. The molecular weight excluding hydrogens is 414 g/mol. The molecule has 0 bridgehead atoms. The zero-order chi connectivity index (χ0) is 21.1. The van der Waals surface area contributed by atoms with E-state index in [2.05, 4.69) is 20.4 Å². The van der Waals surface area contributed by atoms with E-state index >= 15 is 0 Å². The molecule has 1 saturated heterocycles. The normalized spacial score (nSPS) is 18.6. The van der Waals surface area contributed by atoms with E-state index in [4.69, 9.17) is 16.1 Å². The van der Waals surface area contributed by atoms with Crippen LogP contribution in [0, 0.1) is 0 Å². The predicted octanol–water partition coefficient (Wildman–Crippen LogP) is 2.41. The molecule has 29 heavy (non-hydrogen) atoms. The molecule has 1 aromatic carbocycles. The molecule has 1 fully saturated rings. The summed E-state index contributed by atoms with van der Waals surface area (Å²) in [5, 5.41) is 7.85. The molecule has 0 radical (unpaired) electrons. The first kappa shape index (κ1) is 21.6. The first-order valence-electron chi connectivity index (χ1n) is 9.56. The number of rotatable bonds is 5. The SMILES string of the molecule is CCNC(=NCCc1nc(-c2cccc(Cl)c2)no1)N1CCS(=O)(=O)C(C)(C)C1. The molecule has 1 N–H and O–H groups in total. The lowest BCUT2D eigenvalue weighted by Gasteiger charge is -2.39. The van der Waals surface area contributed by atoms with Gasteiger partial charge in [0.25, 0.3) is 0 Å². The fraction of sp³-hybridized carbons (Fsp3) is 0.526. The van der Waals surface area contributed by atoms with E-state index in [1.807, 2.05) is 24.0 Å². The predicted molar refractivity (Wildman–Crippen MR) is 114 cm³/mol. The molecule has 1 aliphatic rings. The van der Waals surface area contributed by atoms with Gasteiger partial charge < -0.3 is 14.7 Å². The van der Waals surface area contributed by atoms with Gasteiger partial charge in [-0.1, -0.05) is 28.9 Å². The fourth-order valence-corrected chi connectivity index (χ4v) is 4.67. The highest BCUT2D eigenvalue weighted by molar-refractivity contribution is 7.92. The van der Waals surface area contributed by atoms with Gasteiger partial charge in [-0.25, -0.2) is 8.42 Å². The molecule has 0 atom stereocenters. The van der Waals surface area contributed by atoms with Gasteiger partial charge in [0.2, 0.25) is 11.7 Å². The van der Waals surface area contributed by atoms with E-state index < -0.39 is 14.6 Å². The lowest BCUT2D eigenvalue weighted by molar-refractivity contribution is 0.352. The second kappa shape index (κ2) is 8.71. The number of sulfone groups is 1. The van der Waals surface area contributed by atoms with Crippen molar-refractivity contribution in [3.8, 4) is 11.4 Å². The molecule has 0 aliphatic carbocycles. The highest BCUT2D eigenvalue weighted by Gasteiger charge is 2.40. The van der Waals surface area contributed by atoms with Crippen LogP contribution in [0.15, 0.2) is 33.8 Å². The lowest BCUT2D eigenvalue weighted by Crippen LogP contribution is -2.57. The number of hydrogen-bond acceptors (Lipinski definition) is 6. The summed E-state index contributed by atoms with van der Waals surface area (Å²) in [6.45, 7) is 7.47. The standard InChI is InChI=1S/C19H26ClN5O3S/c1-4-21-18(25-10-11-29(26,27)19(2,3)13-25)22-9-8-16-23-17(24-28-16)14-6-5-7-15(20)12-14/h5-7,12H,4,8-11,13H2,1-3H3,(H,21,22). The zero-order valence-corrected chi connectivity index (χ0v) is 18.4. The Balaban J connectivity index is 1.66. The topological polar surface area (TPSA) is 101 Å². The van der Waals surface area contributed by atoms with Crippen LogP contribution in [-0.2, 0) is 16.3 Å². The second-order valence-electron chi connectivity index (χ2n) is 7.51. The Kier molecular flexibility index (Phi) is 6.48. The number of aliphatic imine (C=N–C) groups is 1. The number of benzene rings is 1. The molecule has 8 nitrogen and oxygen atoms in total. The van der Waals surface area contributed by atoms with Crippen LogP contribution in [0.4, 0.5) is 0 Å². The van der Waals surface area contributed by atoms with Crippen molar-refractivity contribution in [2.75, 3.05) is 31.9 Å². The minimum atomic E-state index is -3.10. The maximum absolute atomic E-state index is 12.2. The first-order chi connectivity index (χ1) is 13.7. The molecule has 158 valence electrons. The third kappa shape index (κ3) is 5.08. The van der Waals surface area contributed by atoms with Gasteiger partial charge in [-0.2, -0.15) is 4.98 Å². The highest BCUT2D eigenvalue weighted by atomic mass is 35.5. The van der Waals surface area contributed by atoms with E-state index in [0.29, 0.717) is 55.3 Å². The Morgan fingerprint density at radius 2 is 2.21 bits per heavy atom. The zero-order valence-electron chi connectivity index (χ0n) is 16.9. The molecule has 1 aromatic heterocycles. The minimum absolute atomic E-state index is 0.122. The van der Waals surface area contributed by atoms with Crippen LogP contribution in [0.2, 0.25) is 5.02 Å². The van der Waals surface area contributed by atoms with Crippen molar-refractivity contribution in [2.45, 2.75) is 31.9 Å². The number of aromatic nitrogens is 2. The summed E-state index contributed by atoms with van der Waals surface area (Å²) in [6.07, 6.45) is 0.484. The third-order valence-electron chi connectivity index (χ3n) is 4.82. The summed E-state index contributed by atoms with van der Waals surface area (Å²) in [6, 6.07) is 7.27. The quantitative estimate of drug-likeness (QED) is 0.563. The molecule has 0 spiro atoms.